The summed E-state index contributed by atoms with van der Waals surface area (Å²) < 4.78 is 43.9. The Hall–Kier alpha value is -0.140. The minimum absolute atomic E-state index is 0. The molecule has 0 saturated heterocycles. The summed E-state index contributed by atoms with van der Waals surface area (Å²) >= 11 is 0. The summed E-state index contributed by atoms with van der Waals surface area (Å²) in [5, 5.41) is 24.8. The van der Waals surface area contributed by atoms with Gasteiger partial charge >= 0.3 is 9.05 Å². The third-order valence-electron chi connectivity index (χ3n) is 2.76. The highest BCUT2D eigenvalue weighted by Gasteiger charge is 2.08. The van der Waals surface area contributed by atoms with Crippen LogP contribution in [-0.2, 0) is 23.4 Å². The zero-order valence-corrected chi connectivity index (χ0v) is 20.2. The lowest BCUT2D eigenvalue weighted by Gasteiger charge is -2.13. The van der Waals surface area contributed by atoms with Crippen LogP contribution in [0.3, 0.4) is 0 Å². The smallest absolute Gasteiger partial charge is 0.377 e. The van der Waals surface area contributed by atoms with Gasteiger partial charge in [0.25, 0.3) is 10.1 Å². The number of nitrogens with zero attached hydrogens (tertiary/aromatic N) is 1. The second-order valence-corrected chi connectivity index (χ2v) is 9.73. The molecule has 0 fully saturated rings. The van der Waals surface area contributed by atoms with Crippen molar-refractivity contribution in [1.29, 1.82) is 0 Å². The van der Waals surface area contributed by atoms with Gasteiger partial charge in [0.15, 0.2) is 0 Å². The number of rotatable bonds is 9. The van der Waals surface area contributed by atoms with Gasteiger partial charge in [-0.05, 0) is 46.3 Å². The molecule has 0 amide bonds. The predicted molar refractivity (Wildman–Crippen MR) is 121 cm³/mol. The molecule has 0 saturated carbocycles. The van der Waals surface area contributed by atoms with E-state index in [4.69, 9.17) is 15.3 Å². The van der Waals surface area contributed by atoms with E-state index in [1.54, 1.807) is 13.8 Å². The van der Waals surface area contributed by atoms with E-state index >= 15 is 0 Å². The van der Waals surface area contributed by atoms with Crippen molar-refractivity contribution in [2.45, 2.75) is 67.1 Å². The molecule has 0 spiro atoms. The van der Waals surface area contributed by atoms with E-state index in [1.807, 2.05) is 0 Å². The van der Waals surface area contributed by atoms with E-state index in [2.05, 4.69) is 46.8 Å². The number of hydrogen-bond donors (Lipinski definition) is 3. The second kappa shape index (κ2) is 24.1. The number of aliphatic hydroxyl groups is 3. The van der Waals surface area contributed by atoms with Crippen molar-refractivity contribution in [2.75, 3.05) is 39.1 Å². The molecular formula is C17H43ClNO8S2+. The third-order valence-corrected chi connectivity index (χ3v) is 3.44. The molecular weight excluding hydrogens is 446 g/mol. The van der Waals surface area contributed by atoms with Crippen LogP contribution in [0.2, 0.25) is 0 Å². The third kappa shape index (κ3) is 65.5. The van der Waals surface area contributed by atoms with Crippen LogP contribution in [0.25, 0.3) is 0 Å². The number of hydrogen-bond acceptors (Lipinski definition) is 9. The fourth-order valence-electron chi connectivity index (χ4n) is 1.39. The summed E-state index contributed by atoms with van der Waals surface area (Å²) in [6, 6.07) is 0. The van der Waals surface area contributed by atoms with Crippen LogP contribution in [0.4, 0.5) is 0 Å². The van der Waals surface area contributed by atoms with Gasteiger partial charge in [0.05, 0.1) is 29.1 Å². The van der Waals surface area contributed by atoms with Gasteiger partial charge in [0.1, 0.15) is 0 Å². The van der Waals surface area contributed by atoms with Crippen LogP contribution < -0.4 is 0 Å². The summed E-state index contributed by atoms with van der Waals surface area (Å²) in [6.45, 7) is 13.4. The number of aliphatic hydroxyl groups excluding tert-OH is 3. The molecule has 0 rings (SSSR count). The monoisotopic (exact) mass is 488 g/mol. The van der Waals surface area contributed by atoms with Crippen molar-refractivity contribution in [3.8, 4) is 0 Å². The summed E-state index contributed by atoms with van der Waals surface area (Å²) in [5.74, 6) is 0. The normalized spacial score (nSPS) is 12.7. The first-order valence-electron chi connectivity index (χ1n) is 8.85. The van der Waals surface area contributed by atoms with Crippen molar-refractivity contribution < 1.29 is 36.3 Å². The molecule has 0 aromatic heterocycles. The van der Waals surface area contributed by atoms with Crippen LogP contribution in [0, 0.1) is 6.26 Å². The fourth-order valence-corrected chi connectivity index (χ4v) is 2.08. The maximum atomic E-state index is 10.4. The average molecular weight is 489 g/mol. The van der Waals surface area contributed by atoms with Crippen molar-refractivity contribution in [3.63, 3.8) is 0 Å². The average Bonchev–Trinajstić information content (AvgIpc) is 2.46. The molecule has 0 bridgehead atoms. The lowest BCUT2D eigenvalue weighted by Crippen LogP contribution is -2.21. The van der Waals surface area contributed by atoms with Gasteiger partial charge in [0, 0.05) is 13.2 Å². The molecule has 3 N–H and O–H groups in total. The fraction of sp³-hybridized carbons (Fsp3) is 0.941. The predicted octanol–water partition coefficient (Wildman–Crippen LogP) is 1.81. The van der Waals surface area contributed by atoms with E-state index in [-0.39, 0.29) is 26.7 Å². The highest BCUT2D eigenvalue weighted by atomic mass is 35.7. The van der Waals surface area contributed by atoms with Crippen LogP contribution in [-0.4, -0.2) is 88.4 Å². The molecule has 0 heterocycles. The van der Waals surface area contributed by atoms with Gasteiger partial charge in [-0.1, -0.05) is 28.2 Å². The second-order valence-electron chi connectivity index (χ2n) is 5.64. The Balaban J connectivity index is -0.0000000904. The Bertz CT molecular complexity index is 496. The molecule has 182 valence electrons. The first kappa shape index (κ1) is 39.3. The molecule has 12 heteroatoms. The molecule has 0 radical (unpaired) electrons. The Morgan fingerprint density at radius 2 is 1.28 bits per heavy atom. The minimum atomic E-state index is -3.44. The molecule has 0 aliphatic carbocycles. The quantitative estimate of drug-likeness (QED) is 0.251. The van der Waals surface area contributed by atoms with E-state index in [0.717, 1.165) is 6.26 Å². The van der Waals surface area contributed by atoms with Crippen LogP contribution in [0.15, 0.2) is 0 Å². The largest absolute Gasteiger partial charge is 0.396 e. The van der Waals surface area contributed by atoms with E-state index in [9.17, 15) is 16.8 Å². The molecule has 0 aliphatic rings. The van der Waals surface area contributed by atoms with Gasteiger partial charge in [-0.3, -0.25) is 4.18 Å². The van der Waals surface area contributed by atoms with Crippen LogP contribution >= 0.6 is 10.7 Å². The van der Waals surface area contributed by atoms with Crippen molar-refractivity contribution in [2.24, 2.45) is 0 Å². The van der Waals surface area contributed by atoms with Gasteiger partial charge in [-0.15, -0.1) is 0 Å². The summed E-state index contributed by atoms with van der Waals surface area (Å²) in [7, 11) is -2.41. The highest BCUT2D eigenvalue weighted by Crippen LogP contribution is 1.99. The van der Waals surface area contributed by atoms with Crippen molar-refractivity contribution in [1.82, 2.24) is 4.90 Å². The van der Waals surface area contributed by atoms with Gasteiger partial charge in [-0.25, -0.2) is 0 Å². The Labute approximate surface area is 183 Å². The minimum Gasteiger partial charge on any atom is -0.396 e. The molecule has 0 aromatic rings. The molecule has 0 aromatic carbocycles. The summed E-state index contributed by atoms with van der Waals surface area (Å²) in [6.07, 6.45) is 3.54. The standard InChI is InChI=1S/C6H15N.C5H12O4S.C4H10O2.CH2ClO2S.CH4/c1-4-7(5-2)6-3;1-5(3-4-6)9-10(2,7)8;1-4(6)2-3-5;1-5(2,3)4;/h4-6H2,1-3H3;5-6H,3-4H2,1-2H3;4-6H,2-3H2,1H3;1H2;1H4/q;;;+1;/t;5-;4-;;/m.00../s1. The maximum Gasteiger partial charge on any atom is 0.377 e. The topological polar surface area (TPSA) is 141 Å². The van der Waals surface area contributed by atoms with Gasteiger partial charge in [0.2, 0.25) is 6.26 Å². The maximum absolute atomic E-state index is 10.4. The van der Waals surface area contributed by atoms with Crippen molar-refractivity contribution >= 4 is 29.9 Å². The summed E-state index contributed by atoms with van der Waals surface area (Å²) in [5.41, 5.74) is 0. The first-order valence-corrected chi connectivity index (χ1v) is 13.1. The lowest BCUT2D eigenvalue weighted by molar-refractivity contribution is 0.148. The molecule has 0 aliphatic heterocycles. The SMILES string of the molecule is C.CCN(CC)CC.C[C@@H](CCO)OS(C)(=O)=O.C[C@H](O)CCO.[CH2+]S(=O)(=O)Cl. The zero-order chi connectivity index (χ0) is 23.4. The molecule has 0 unspecified atom stereocenters. The molecule has 9 nitrogen and oxygen atoms in total. The van der Waals surface area contributed by atoms with Gasteiger partial charge < -0.3 is 20.2 Å². The lowest BCUT2D eigenvalue weighted by atomic mass is 10.3. The summed E-state index contributed by atoms with van der Waals surface area (Å²) in [4.78, 5) is 2.38. The highest BCUT2D eigenvalue weighted by molar-refractivity contribution is 8.14. The van der Waals surface area contributed by atoms with Gasteiger partial charge in [-0.2, -0.15) is 16.8 Å². The van der Waals surface area contributed by atoms with Crippen molar-refractivity contribution in [3.05, 3.63) is 6.26 Å². The van der Waals surface area contributed by atoms with E-state index < -0.39 is 25.3 Å². The zero-order valence-electron chi connectivity index (χ0n) is 17.8. The Morgan fingerprint density at radius 3 is 1.38 bits per heavy atom. The van der Waals surface area contributed by atoms with E-state index in [0.29, 0.717) is 12.8 Å². The first-order chi connectivity index (χ1) is 12.6. The Morgan fingerprint density at radius 1 is 0.966 bits per heavy atom. The van der Waals surface area contributed by atoms with E-state index in [1.165, 1.54) is 19.6 Å². The molecule has 2 atom stereocenters. The van der Waals surface area contributed by atoms with Crippen LogP contribution in [0.1, 0.15) is 54.9 Å². The Kier molecular flexibility index (Phi) is 32.7. The number of halogens is 1. The molecule has 29 heavy (non-hydrogen) atoms. The van der Waals surface area contributed by atoms with Crippen LogP contribution in [0.5, 0.6) is 0 Å².